The first kappa shape index (κ1) is 12.4. The number of halogens is 2. The van der Waals surface area contributed by atoms with Gasteiger partial charge in [0, 0.05) is 10.9 Å². The van der Waals surface area contributed by atoms with E-state index in [1.165, 1.54) is 0 Å². The van der Waals surface area contributed by atoms with Crippen molar-refractivity contribution in [2.45, 2.75) is 6.61 Å². The molecule has 1 heterocycles. The summed E-state index contributed by atoms with van der Waals surface area (Å²) in [6.07, 6.45) is 1.66. The Morgan fingerprint density at radius 2 is 1.74 bits per heavy atom. The molecule has 0 spiro atoms. The van der Waals surface area contributed by atoms with Gasteiger partial charge in [-0.1, -0.05) is 47.5 Å². The van der Waals surface area contributed by atoms with Crippen LogP contribution in [0, 0.1) is 0 Å². The van der Waals surface area contributed by atoms with E-state index in [4.69, 9.17) is 32.4 Å². The lowest BCUT2D eigenvalue weighted by atomic mass is 10.2. The molecule has 0 bridgehead atoms. The van der Waals surface area contributed by atoms with Crippen LogP contribution in [0.5, 0.6) is 5.75 Å². The lowest BCUT2D eigenvalue weighted by Gasteiger charge is -2.06. The van der Waals surface area contributed by atoms with Crippen LogP contribution in [0.1, 0.15) is 5.56 Å². The number of ether oxygens (including phenoxy) is 1. The van der Waals surface area contributed by atoms with Gasteiger partial charge in [0.25, 0.3) is 0 Å². The molecule has 96 valence electrons. The Hall–Kier alpha value is -1.64. The smallest absolute Gasteiger partial charge is 0.152 e. The van der Waals surface area contributed by atoms with Crippen LogP contribution in [-0.4, -0.2) is 0 Å². The number of hydrogen-bond acceptors (Lipinski definition) is 2. The molecule has 0 N–H and O–H groups in total. The molecule has 0 saturated heterocycles. The minimum atomic E-state index is 0.386. The van der Waals surface area contributed by atoms with E-state index in [-0.39, 0.29) is 0 Å². The molecule has 19 heavy (non-hydrogen) atoms. The summed E-state index contributed by atoms with van der Waals surface area (Å²) in [4.78, 5) is 0. The van der Waals surface area contributed by atoms with Gasteiger partial charge in [0.15, 0.2) is 5.58 Å². The molecule has 3 rings (SSSR count). The maximum atomic E-state index is 6.06. The Balaban J connectivity index is 1.87. The van der Waals surface area contributed by atoms with Crippen LogP contribution in [0.2, 0.25) is 10.0 Å². The molecular weight excluding hydrogens is 283 g/mol. The summed E-state index contributed by atoms with van der Waals surface area (Å²) >= 11 is 12.1. The van der Waals surface area contributed by atoms with Crippen molar-refractivity contribution in [3.63, 3.8) is 0 Å². The van der Waals surface area contributed by atoms with Gasteiger partial charge in [-0.25, -0.2) is 0 Å². The third kappa shape index (κ3) is 2.42. The molecule has 2 aromatic carbocycles. The molecule has 0 aliphatic rings. The third-order valence-electron chi connectivity index (χ3n) is 2.85. The molecule has 2 nitrogen and oxygen atoms in total. The monoisotopic (exact) mass is 292 g/mol. The Kier molecular flexibility index (Phi) is 3.36. The summed E-state index contributed by atoms with van der Waals surface area (Å²) in [5, 5.41) is 2.15. The van der Waals surface area contributed by atoms with Crippen LogP contribution in [0.25, 0.3) is 11.0 Å². The zero-order valence-corrected chi connectivity index (χ0v) is 11.4. The van der Waals surface area contributed by atoms with Crippen LogP contribution in [0.3, 0.4) is 0 Å². The summed E-state index contributed by atoms with van der Waals surface area (Å²) in [6, 6.07) is 13.0. The zero-order valence-electron chi connectivity index (χ0n) is 9.90. The SMILES string of the molecule is Clc1ccccc1OCc1coc2c(Cl)cccc12. The highest BCUT2D eigenvalue weighted by atomic mass is 35.5. The Morgan fingerprint density at radius 1 is 0.947 bits per heavy atom. The van der Waals surface area contributed by atoms with E-state index < -0.39 is 0 Å². The lowest BCUT2D eigenvalue weighted by Crippen LogP contribution is -1.94. The fraction of sp³-hybridized carbons (Fsp3) is 0.0667. The number of benzene rings is 2. The van der Waals surface area contributed by atoms with E-state index in [9.17, 15) is 0 Å². The van der Waals surface area contributed by atoms with Gasteiger partial charge in [-0.3, -0.25) is 0 Å². The van der Waals surface area contributed by atoms with Crippen molar-refractivity contribution in [1.29, 1.82) is 0 Å². The first-order valence-electron chi connectivity index (χ1n) is 5.77. The van der Waals surface area contributed by atoms with Gasteiger partial charge in [-0.05, 0) is 18.2 Å². The third-order valence-corrected chi connectivity index (χ3v) is 3.46. The van der Waals surface area contributed by atoms with Crippen molar-refractivity contribution < 1.29 is 9.15 Å². The molecule has 0 saturated carbocycles. The highest BCUT2D eigenvalue weighted by Gasteiger charge is 2.09. The highest BCUT2D eigenvalue weighted by molar-refractivity contribution is 6.34. The van der Waals surface area contributed by atoms with Gasteiger partial charge in [-0.15, -0.1) is 0 Å². The number of para-hydroxylation sites is 2. The first-order chi connectivity index (χ1) is 9.25. The molecule has 0 unspecified atom stereocenters. The number of rotatable bonds is 3. The van der Waals surface area contributed by atoms with Crippen LogP contribution in [-0.2, 0) is 6.61 Å². The van der Waals surface area contributed by atoms with Crippen molar-refractivity contribution >= 4 is 34.2 Å². The van der Waals surface area contributed by atoms with E-state index in [2.05, 4.69) is 0 Å². The quantitative estimate of drug-likeness (QED) is 0.652. The van der Waals surface area contributed by atoms with E-state index in [0.29, 0.717) is 28.0 Å². The zero-order chi connectivity index (χ0) is 13.2. The van der Waals surface area contributed by atoms with Crippen molar-refractivity contribution in [2.75, 3.05) is 0 Å². The van der Waals surface area contributed by atoms with E-state index in [1.54, 1.807) is 18.4 Å². The molecule has 0 amide bonds. The van der Waals surface area contributed by atoms with Crippen LogP contribution in [0.15, 0.2) is 53.1 Å². The molecular formula is C15H10Cl2O2. The number of fused-ring (bicyclic) bond motifs is 1. The average molecular weight is 293 g/mol. The Labute approximate surface area is 120 Å². The van der Waals surface area contributed by atoms with E-state index >= 15 is 0 Å². The van der Waals surface area contributed by atoms with Crippen molar-refractivity contribution in [3.05, 3.63) is 64.3 Å². The number of furan rings is 1. The summed E-state index contributed by atoms with van der Waals surface area (Å²) in [5.74, 6) is 0.653. The van der Waals surface area contributed by atoms with E-state index in [1.807, 2.05) is 30.3 Å². The van der Waals surface area contributed by atoms with Gasteiger partial charge in [0.2, 0.25) is 0 Å². The minimum absolute atomic E-state index is 0.386. The first-order valence-corrected chi connectivity index (χ1v) is 6.53. The second kappa shape index (κ2) is 5.16. The molecule has 0 aliphatic heterocycles. The topological polar surface area (TPSA) is 22.4 Å². The van der Waals surface area contributed by atoms with Crippen molar-refractivity contribution in [3.8, 4) is 5.75 Å². The number of hydrogen-bond donors (Lipinski definition) is 0. The van der Waals surface area contributed by atoms with Crippen LogP contribution in [0.4, 0.5) is 0 Å². The normalized spacial score (nSPS) is 10.8. The van der Waals surface area contributed by atoms with Crippen molar-refractivity contribution in [1.82, 2.24) is 0 Å². The molecule has 0 radical (unpaired) electrons. The van der Waals surface area contributed by atoms with Gasteiger partial charge in [0.05, 0.1) is 16.3 Å². The molecule has 0 atom stereocenters. The summed E-state index contributed by atoms with van der Waals surface area (Å²) in [5.41, 5.74) is 1.62. The summed E-state index contributed by atoms with van der Waals surface area (Å²) in [7, 11) is 0. The van der Waals surface area contributed by atoms with Gasteiger partial charge in [-0.2, -0.15) is 0 Å². The Bertz CT molecular complexity index is 719. The largest absolute Gasteiger partial charge is 0.487 e. The van der Waals surface area contributed by atoms with Crippen LogP contribution < -0.4 is 4.74 Å². The minimum Gasteiger partial charge on any atom is -0.487 e. The van der Waals surface area contributed by atoms with Gasteiger partial charge in [0.1, 0.15) is 12.4 Å². The average Bonchev–Trinajstić information content (AvgIpc) is 2.83. The molecule has 0 aliphatic carbocycles. The lowest BCUT2D eigenvalue weighted by molar-refractivity contribution is 0.306. The summed E-state index contributed by atoms with van der Waals surface area (Å²) in [6.45, 7) is 0.386. The van der Waals surface area contributed by atoms with Crippen molar-refractivity contribution in [2.24, 2.45) is 0 Å². The van der Waals surface area contributed by atoms with Crippen LogP contribution >= 0.6 is 23.2 Å². The molecule has 0 fully saturated rings. The second-order valence-electron chi connectivity index (χ2n) is 4.10. The fourth-order valence-electron chi connectivity index (χ4n) is 1.90. The molecule has 1 aromatic heterocycles. The molecule has 3 aromatic rings. The standard InChI is InChI=1S/C15H10Cl2O2/c16-12-5-1-2-7-14(12)18-8-10-9-19-15-11(10)4-3-6-13(15)17/h1-7,9H,8H2. The Morgan fingerprint density at radius 3 is 2.58 bits per heavy atom. The molecule has 4 heteroatoms. The second-order valence-corrected chi connectivity index (χ2v) is 4.91. The maximum absolute atomic E-state index is 6.06. The fourth-order valence-corrected chi connectivity index (χ4v) is 2.31. The van der Waals surface area contributed by atoms with E-state index in [0.717, 1.165) is 10.9 Å². The van der Waals surface area contributed by atoms with Gasteiger partial charge < -0.3 is 9.15 Å². The maximum Gasteiger partial charge on any atom is 0.152 e. The summed E-state index contributed by atoms with van der Waals surface area (Å²) < 4.78 is 11.1. The predicted molar refractivity (Wildman–Crippen MR) is 77.0 cm³/mol. The van der Waals surface area contributed by atoms with Gasteiger partial charge >= 0.3 is 0 Å². The highest BCUT2D eigenvalue weighted by Crippen LogP contribution is 2.29. The predicted octanol–water partition coefficient (Wildman–Crippen LogP) is 5.32.